The average Bonchev–Trinajstić information content (AvgIpc) is 2.52. The van der Waals surface area contributed by atoms with Crippen molar-refractivity contribution in [3.63, 3.8) is 0 Å². The molecule has 0 aliphatic rings. The van der Waals surface area contributed by atoms with E-state index in [1.165, 1.54) is 0 Å². The van der Waals surface area contributed by atoms with E-state index in [1.54, 1.807) is 0 Å². The fraction of sp³-hybridized carbons (Fsp3) is 0.600. The van der Waals surface area contributed by atoms with E-state index >= 15 is 0 Å². The summed E-state index contributed by atoms with van der Waals surface area (Å²) in [5.41, 5.74) is 1.02. The second-order valence-corrected chi connectivity index (χ2v) is 4.59. The third-order valence-corrected chi connectivity index (χ3v) is 3.09. The molecule has 0 atom stereocenters. The lowest BCUT2D eigenvalue weighted by Gasteiger charge is -2.03. The molecule has 0 aliphatic carbocycles. The zero-order valence-electron chi connectivity index (χ0n) is 9.09. The molecule has 0 unspecified atom stereocenters. The molecule has 0 fully saturated rings. The summed E-state index contributed by atoms with van der Waals surface area (Å²) in [6.45, 7) is 5.42. The van der Waals surface area contributed by atoms with Gasteiger partial charge >= 0.3 is 0 Å². The van der Waals surface area contributed by atoms with Gasteiger partial charge in [0.2, 0.25) is 5.91 Å². The fourth-order valence-corrected chi connectivity index (χ4v) is 1.61. The molecular weight excluding hydrogens is 305 g/mol. The van der Waals surface area contributed by atoms with Crippen molar-refractivity contribution in [2.75, 3.05) is 6.54 Å². The summed E-state index contributed by atoms with van der Waals surface area (Å²) in [4.78, 5) is 11.3. The van der Waals surface area contributed by atoms with Crippen LogP contribution in [0.3, 0.4) is 0 Å². The third kappa shape index (κ3) is 4.19. The van der Waals surface area contributed by atoms with Crippen LogP contribution in [0.2, 0.25) is 0 Å². The molecule has 1 aromatic rings. The molecule has 0 aliphatic heterocycles. The van der Waals surface area contributed by atoms with Gasteiger partial charge in [0.25, 0.3) is 0 Å². The van der Waals surface area contributed by atoms with Crippen molar-refractivity contribution in [2.24, 2.45) is 0 Å². The summed E-state index contributed by atoms with van der Waals surface area (Å²) in [5, 5.41) is 7.13. The third-order valence-electron chi connectivity index (χ3n) is 2.03. The predicted octanol–water partition coefficient (Wildman–Crippen LogP) is 1.71. The number of hydrogen-bond donors (Lipinski definition) is 1. The van der Waals surface area contributed by atoms with Gasteiger partial charge in [-0.1, -0.05) is 6.92 Å². The average molecular weight is 321 g/mol. The summed E-state index contributed by atoms with van der Waals surface area (Å²) < 4.78 is 2.96. The predicted molar refractivity (Wildman–Crippen MR) is 67.6 cm³/mol. The highest BCUT2D eigenvalue weighted by Gasteiger charge is 2.04. The second-order valence-electron chi connectivity index (χ2n) is 3.43. The Kier molecular flexibility index (Phi) is 5.07. The van der Waals surface area contributed by atoms with Crippen molar-refractivity contribution >= 4 is 28.5 Å². The molecule has 0 radical (unpaired) electrons. The van der Waals surface area contributed by atoms with Gasteiger partial charge in [-0.2, -0.15) is 5.10 Å². The van der Waals surface area contributed by atoms with Crippen molar-refractivity contribution in [3.8, 4) is 0 Å². The second kappa shape index (κ2) is 6.09. The lowest BCUT2D eigenvalue weighted by molar-refractivity contribution is -0.121. The Balaban J connectivity index is 2.33. The lowest BCUT2D eigenvalue weighted by Crippen LogP contribution is -2.25. The minimum atomic E-state index is 0.0972. The number of halogens is 1. The molecular formula is C10H16IN3O. The van der Waals surface area contributed by atoms with Crippen molar-refractivity contribution < 1.29 is 4.79 Å². The number of rotatable bonds is 5. The van der Waals surface area contributed by atoms with Crippen molar-refractivity contribution in [2.45, 2.75) is 33.2 Å². The Hall–Kier alpha value is -0.590. The van der Waals surface area contributed by atoms with Crippen molar-refractivity contribution in [3.05, 3.63) is 15.5 Å². The van der Waals surface area contributed by atoms with Gasteiger partial charge in [-0.3, -0.25) is 9.48 Å². The molecule has 0 spiro atoms. The molecule has 1 aromatic heterocycles. The molecule has 84 valence electrons. The van der Waals surface area contributed by atoms with E-state index in [1.807, 2.05) is 24.7 Å². The fourth-order valence-electron chi connectivity index (χ4n) is 1.18. The first-order valence-corrected chi connectivity index (χ1v) is 6.17. The number of hydrogen-bond acceptors (Lipinski definition) is 2. The van der Waals surface area contributed by atoms with Crippen LogP contribution in [0, 0.1) is 10.5 Å². The summed E-state index contributed by atoms with van der Waals surface area (Å²) in [6.07, 6.45) is 3.44. The number of amides is 1. The smallest absolute Gasteiger partial charge is 0.221 e. The van der Waals surface area contributed by atoms with Gasteiger partial charge in [0, 0.05) is 25.7 Å². The Labute approximate surface area is 104 Å². The zero-order chi connectivity index (χ0) is 11.3. The van der Waals surface area contributed by atoms with Crippen LogP contribution in [-0.2, 0) is 11.3 Å². The summed E-state index contributed by atoms with van der Waals surface area (Å²) >= 11 is 2.24. The molecule has 0 bridgehead atoms. The molecule has 1 amide bonds. The largest absolute Gasteiger partial charge is 0.356 e. The SMILES string of the molecule is CCCNC(=O)CCn1cc(I)c(C)n1. The first kappa shape index (κ1) is 12.5. The maximum Gasteiger partial charge on any atom is 0.221 e. The van der Waals surface area contributed by atoms with Crippen LogP contribution in [-0.4, -0.2) is 22.2 Å². The molecule has 1 N–H and O–H groups in total. The van der Waals surface area contributed by atoms with E-state index in [-0.39, 0.29) is 5.91 Å². The minimum Gasteiger partial charge on any atom is -0.356 e. The van der Waals surface area contributed by atoms with Gasteiger partial charge < -0.3 is 5.32 Å². The molecule has 1 heterocycles. The van der Waals surface area contributed by atoms with Crippen molar-refractivity contribution in [1.29, 1.82) is 0 Å². The van der Waals surface area contributed by atoms with Gasteiger partial charge in [0.15, 0.2) is 0 Å². The highest BCUT2D eigenvalue weighted by molar-refractivity contribution is 14.1. The summed E-state index contributed by atoms with van der Waals surface area (Å²) in [6, 6.07) is 0. The van der Waals surface area contributed by atoms with Gasteiger partial charge in [-0.15, -0.1) is 0 Å². The normalized spacial score (nSPS) is 10.3. The van der Waals surface area contributed by atoms with Crippen LogP contribution in [0.5, 0.6) is 0 Å². The molecule has 0 saturated heterocycles. The molecule has 5 heteroatoms. The van der Waals surface area contributed by atoms with E-state index in [0.717, 1.165) is 22.2 Å². The van der Waals surface area contributed by atoms with Crippen LogP contribution in [0.25, 0.3) is 0 Å². The quantitative estimate of drug-likeness (QED) is 0.840. The first-order chi connectivity index (χ1) is 7.13. The van der Waals surface area contributed by atoms with E-state index in [2.05, 4.69) is 33.0 Å². The number of carbonyl (C=O) groups excluding carboxylic acids is 1. The zero-order valence-corrected chi connectivity index (χ0v) is 11.2. The monoisotopic (exact) mass is 321 g/mol. The first-order valence-electron chi connectivity index (χ1n) is 5.09. The Morgan fingerprint density at radius 1 is 1.67 bits per heavy atom. The number of carbonyl (C=O) groups is 1. The van der Waals surface area contributed by atoms with E-state index in [9.17, 15) is 4.79 Å². The topological polar surface area (TPSA) is 46.9 Å². The minimum absolute atomic E-state index is 0.0972. The Morgan fingerprint density at radius 2 is 2.40 bits per heavy atom. The van der Waals surface area contributed by atoms with Crippen LogP contribution in [0.15, 0.2) is 6.20 Å². The van der Waals surface area contributed by atoms with Gasteiger partial charge in [0.1, 0.15) is 0 Å². The highest BCUT2D eigenvalue weighted by atomic mass is 127. The van der Waals surface area contributed by atoms with Crippen LogP contribution in [0.1, 0.15) is 25.5 Å². The van der Waals surface area contributed by atoms with E-state index in [0.29, 0.717) is 13.0 Å². The summed E-state index contributed by atoms with van der Waals surface area (Å²) in [7, 11) is 0. The lowest BCUT2D eigenvalue weighted by atomic mass is 10.4. The number of nitrogens with one attached hydrogen (secondary N) is 1. The molecule has 4 nitrogen and oxygen atoms in total. The Bertz CT molecular complexity index is 316. The van der Waals surface area contributed by atoms with Gasteiger partial charge in [-0.05, 0) is 35.9 Å². The highest BCUT2D eigenvalue weighted by Crippen LogP contribution is 2.08. The number of aryl methyl sites for hydroxylation is 2. The standard InChI is InChI=1S/C10H16IN3O/c1-3-5-12-10(15)4-6-14-7-9(11)8(2)13-14/h7H,3-6H2,1-2H3,(H,12,15). The van der Waals surface area contributed by atoms with Crippen LogP contribution >= 0.6 is 22.6 Å². The maximum atomic E-state index is 11.3. The Morgan fingerprint density at radius 3 is 2.93 bits per heavy atom. The van der Waals surface area contributed by atoms with E-state index < -0.39 is 0 Å². The van der Waals surface area contributed by atoms with Crippen molar-refractivity contribution in [1.82, 2.24) is 15.1 Å². The van der Waals surface area contributed by atoms with E-state index in [4.69, 9.17) is 0 Å². The number of nitrogens with zero attached hydrogens (tertiary/aromatic N) is 2. The number of aromatic nitrogens is 2. The maximum absolute atomic E-state index is 11.3. The molecule has 0 aromatic carbocycles. The molecule has 1 rings (SSSR count). The van der Waals surface area contributed by atoms with Gasteiger partial charge in [-0.25, -0.2) is 0 Å². The van der Waals surface area contributed by atoms with Crippen LogP contribution < -0.4 is 5.32 Å². The van der Waals surface area contributed by atoms with Gasteiger partial charge in [0.05, 0.1) is 9.26 Å². The van der Waals surface area contributed by atoms with Crippen LogP contribution in [0.4, 0.5) is 0 Å². The molecule has 15 heavy (non-hydrogen) atoms. The molecule has 0 saturated carbocycles. The summed E-state index contributed by atoms with van der Waals surface area (Å²) in [5.74, 6) is 0.0972.